The number of aromatic nitrogens is 2. The van der Waals surface area contributed by atoms with Crippen LogP contribution in [0, 0.1) is 0 Å². The molecule has 0 bridgehead atoms. The van der Waals surface area contributed by atoms with E-state index < -0.39 is 5.41 Å². The minimum Gasteiger partial charge on any atom is -0.457 e. The van der Waals surface area contributed by atoms with Crippen LogP contribution in [0.5, 0.6) is 11.5 Å². The van der Waals surface area contributed by atoms with Crippen LogP contribution in [-0.2, 0) is 5.41 Å². The van der Waals surface area contributed by atoms with Gasteiger partial charge < -0.3 is 9.15 Å². The minimum atomic E-state index is -0.568. The van der Waals surface area contributed by atoms with Crippen molar-refractivity contribution in [3.63, 3.8) is 0 Å². The molecule has 0 saturated carbocycles. The van der Waals surface area contributed by atoms with Crippen LogP contribution >= 0.6 is 0 Å². The molecule has 13 rings (SSSR count). The molecule has 1 aliphatic carbocycles. The molecule has 0 atom stereocenters. The van der Waals surface area contributed by atoms with Crippen LogP contribution in [-0.4, -0.2) is 9.97 Å². The zero-order valence-corrected chi connectivity index (χ0v) is 34.0. The Kier molecular flexibility index (Phi) is 7.79. The molecule has 0 saturated heterocycles. The number of fused-ring (bicyclic) bond motifs is 12. The van der Waals surface area contributed by atoms with Gasteiger partial charge in [-0.1, -0.05) is 188 Å². The van der Waals surface area contributed by atoms with Gasteiger partial charge in [-0.25, -0.2) is 9.97 Å². The summed E-state index contributed by atoms with van der Waals surface area (Å²) < 4.78 is 13.2. The average Bonchev–Trinajstić information content (AvgIpc) is 3.88. The quantitative estimate of drug-likeness (QED) is 0.174. The molecule has 2 aromatic heterocycles. The first-order chi connectivity index (χ1) is 31.2. The summed E-state index contributed by atoms with van der Waals surface area (Å²) in [5, 5.41) is 2.24. The zero-order chi connectivity index (χ0) is 41.5. The lowest BCUT2D eigenvalue weighted by Crippen LogP contribution is -2.32. The largest absolute Gasteiger partial charge is 0.457 e. The molecule has 4 nitrogen and oxygen atoms in total. The molecule has 2 aliphatic rings. The van der Waals surface area contributed by atoms with Crippen LogP contribution in [0.1, 0.15) is 22.3 Å². The molecule has 3 heterocycles. The van der Waals surface area contributed by atoms with Crippen molar-refractivity contribution in [1.82, 2.24) is 9.97 Å². The van der Waals surface area contributed by atoms with Crippen molar-refractivity contribution >= 4 is 21.9 Å². The van der Waals surface area contributed by atoms with Crippen molar-refractivity contribution in [2.24, 2.45) is 0 Å². The van der Waals surface area contributed by atoms with Crippen LogP contribution in [0.25, 0.3) is 89.2 Å². The summed E-state index contributed by atoms with van der Waals surface area (Å²) in [5.41, 5.74) is 17.4. The number of para-hydroxylation sites is 3. The number of nitrogens with zero attached hydrogens (tertiary/aromatic N) is 2. The molecule has 4 heteroatoms. The molecule has 0 N–H and O–H groups in total. The Morgan fingerprint density at radius 3 is 1.63 bits per heavy atom. The highest BCUT2D eigenvalue weighted by Gasteiger charge is 2.51. The number of hydrogen-bond donors (Lipinski definition) is 0. The highest BCUT2D eigenvalue weighted by atomic mass is 16.5. The van der Waals surface area contributed by atoms with Crippen LogP contribution in [0.2, 0.25) is 0 Å². The van der Waals surface area contributed by atoms with Gasteiger partial charge in [-0.15, -0.1) is 0 Å². The second kappa shape index (κ2) is 13.8. The maximum absolute atomic E-state index is 6.77. The van der Waals surface area contributed by atoms with E-state index in [9.17, 15) is 0 Å². The van der Waals surface area contributed by atoms with Crippen molar-refractivity contribution in [2.75, 3.05) is 0 Å². The Balaban J connectivity index is 0.964. The molecular weight excluding hydrogens is 769 g/mol. The molecule has 0 unspecified atom stereocenters. The second-order valence-electron chi connectivity index (χ2n) is 16.4. The van der Waals surface area contributed by atoms with Gasteiger partial charge >= 0.3 is 0 Å². The van der Waals surface area contributed by atoms with E-state index in [-0.39, 0.29) is 0 Å². The van der Waals surface area contributed by atoms with Crippen molar-refractivity contribution < 1.29 is 9.15 Å². The Morgan fingerprint density at radius 1 is 0.333 bits per heavy atom. The number of rotatable bonds is 5. The molecule has 1 aliphatic heterocycles. The van der Waals surface area contributed by atoms with Gasteiger partial charge in [0.1, 0.15) is 22.7 Å². The first-order valence-corrected chi connectivity index (χ1v) is 21.4. The minimum absolute atomic E-state index is 0.568. The van der Waals surface area contributed by atoms with Crippen molar-refractivity contribution in [3.8, 4) is 78.8 Å². The third-order valence-corrected chi connectivity index (χ3v) is 13.0. The molecule has 1 spiro atoms. The van der Waals surface area contributed by atoms with Crippen molar-refractivity contribution in [1.29, 1.82) is 0 Å². The Labute approximate surface area is 364 Å². The van der Waals surface area contributed by atoms with E-state index in [4.69, 9.17) is 19.1 Å². The number of ether oxygens (including phenoxy) is 1. The first kappa shape index (κ1) is 35.4. The molecule has 9 aromatic carbocycles. The van der Waals surface area contributed by atoms with Gasteiger partial charge in [0, 0.05) is 44.2 Å². The van der Waals surface area contributed by atoms with Gasteiger partial charge in [-0.3, -0.25) is 0 Å². The van der Waals surface area contributed by atoms with Crippen molar-refractivity contribution in [2.45, 2.75) is 5.41 Å². The maximum atomic E-state index is 6.77. The lowest BCUT2D eigenvalue weighted by Gasteiger charge is -2.39. The predicted molar refractivity (Wildman–Crippen MR) is 254 cm³/mol. The Bertz CT molecular complexity index is 3560. The highest BCUT2D eigenvalue weighted by molar-refractivity contribution is 6.09. The molecular formula is C59H36N2O2. The molecule has 294 valence electrons. The van der Waals surface area contributed by atoms with Crippen molar-refractivity contribution in [3.05, 3.63) is 241 Å². The summed E-state index contributed by atoms with van der Waals surface area (Å²) in [6, 6.07) is 77.0. The molecule has 0 radical (unpaired) electrons. The number of hydrogen-bond acceptors (Lipinski definition) is 4. The monoisotopic (exact) mass is 804 g/mol. The molecule has 63 heavy (non-hydrogen) atoms. The highest BCUT2D eigenvalue weighted by Crippen LogP contribution is 2.62. The van der Waals surface area contributed by atoms with Gasteiger partial charge in [0.15, 0.2) is 5.82 Å². The number of benzene rings is 9. The zero-order valence-electron chi connectivity index (χ0n) is 34.0. The SMILES string of the molecule is c1ccc(-c2cc(-c3ccc(-c4cccc5c4oc4ccccc45)cc3)nc(-c3ccccc3-c3ccc4c(c3)C3(c5ccccc5O4)c4ccccc4-c4ccccc43)n2)cc1. The maximum Gasteiger partial charge on any atom is 0.161 e. The van der Waals surface area contributed by atoms with E-state index in [2.05, 4.69) is 200 Å². The normalized spacial score (nSPS) is 13.0. The molecule has 11 aromatic rings. The van der Waals surface area contributed by atoms with Gasteiger partial charge in [0.05, 0.1) is 16.8 Å². The second-order valence-corrected chi connectivity index (χ2v) is 16.4. The van der Waals surface area contributed by atoms with E-state index in [0.717, 1.165) is 94.9 Å². The fourth-order valence-electron chi connectivity index (χ4n) is 10.2. The fraction of sp³-hybridized carbons (Fsp3) is 0.0169. The fourth-order valence-corrected chi connectivity index (χ4v) is 10.2. The third-order valence-electron chi connectivity index (χ3n) is 13.0. The van der Waals surface area contributed by atoms with Gasteiger partial charge in [-0.2, -0.15) is 0 Å². The summed E-state index contributed by atoms with van der Waals surface area (Å²) in [6.07, 6.45) is 0. The number of furan rings is 1. The van der Waals surface area contributed by atoms with E-state index in [1.807, 2.05) is 18.2 Å². The summed E-state index contributed by atoms with van der Waals surface area (Å²) in [5.74, 6) is 2.39. The van der Waals surface area contributed by atoms with Crippen LogP contribution in [0.3, 0.4) is 0 Å². The summed E-state index contributed by atoms with van der Waals surface area (Å²) in [7, 11) is 0. The van der Waals surface area contributed by atoms with Gasteiger partial charge in [0.25, 0.3) is 0 Å². The lowest BCUT2D eigenvalue weighted by molar-refractivity contribution is 0.436. The van der Waals surface area contributed by atoms with E-state index in [0.29, 0.717) is 5.82 Å². The van der Waals surface area contributed by atoms with E-state index in [1.54, 1.807) is 0 Å². The predicted octanol–water partition coefficient (Wildman–Crippen LogP) is 15.2. The van der Waals surface area contributed by atoms with Gasteiger partial charge in [0.2, 0.25) is 0 Å². The molecule has 0 fully saturated rings. The Hall–Kier alpha value is -8.34. The van der Waals surface area contributed by atoms with Crippen LogP contribution in [0.4, 0.5) is 0 Å². The van der Waals surface area contributed by atoms with E-state index in [1.165, 1.54) is 22.3 Å². The standard InChI is InChI=1S/C59H36N2O2/c1-2-15-38(16-3-1)52-36-53(39-31-29-37(30-32-39)42-22-14-23-46-45-20-8-12-27-54(45)63-57(42)46)61-58(60-52)47-21-5-4-17-41(47)40-33-34-56-51(35-40)59(50-26-11-13-28-55(50)62-56)48-24-9-6-18-43(48)44-19-7-10-25-49(44)59/h1-36H. The first-order valence-electron chi connectivity index (χ1n) is 21.4. The molecule has 0 amide bonds. The lowest BCUT2D eigenvalue weighted by atomic mass is 9.65. The Morgan fingerprint density at radius 2 is 0.873 bits per heavy atom. The van der Waals surface area contributed by atoms with Crippen LogP contribution in [0.15, 0.2) is 223 Å². The van der Waals surface area contributed by atoms with Crippen LogP contribution < -0.4 is 4.74 Å². The topological polar surface area (TPSA) is 48.2 Å². The average molecular weight is 805 g/mol. The third kappa shape index (κ3) is 5.35. The smallest absolute Gasteiger partial charge is 0.161 e. The summed E-state index contributed by atoms with van der Waals surface area (Å²) in [6.45, 7) is 0. The van der Waals surface area contributed by atoms with Gasteiger partial charge in [-0.05, 0) is 69.3 Å². The summed E-state index contributed by atoms with van der Waals surface area (Å²) in [4.78, 5) is 10.7. The summed E-state index contributed by atoms with van der Waals surface area (Å²) >= 11 is 0. The van der Waals surface area contributed by atoms with E-state index >= 15 is 0 Å².